The summed E-state index contributed by atoms with van der Waals surface area (Å²) in [6.07, 6.45) is 27.3. The Morgan fingerprint density at radius 3 is 1.22 bits per heavy atom. The summed E-state index contributed by atoms with van der Waals surface area (Å²) in [7, 11) is 0. The van der Waals surface area contributed by atoms with Crippen LogP contribution < -0.4 is 0 Å². The topological polar surface area (TPSA) is 65.0 Å². The summed E-state index contributed by atoms with van der Waals surface area (Å²) in [6.45, 7) is 6.11. The first-order chi connectivity index (χ1) is 17.8. The van der Waals surface area contributed by atoms with Crippen molar-refractivity contribution in [1.29, 1.82) is 0 Å². The van der Waals surface area contributed by atoms with Gasteiger partial charge in [-0.05, 0) is 25.0 Å². The molecule has 1 N–H and O–H groups in total. The third-order valence-electron chi connectivity index (χ3n) is 6.34. The number of carbonyl (C=O) groups is 1. The van der Waals surface area contributed by atoms with Gasteiger partial charge in [0, 0.05) is 0 Å². The van der Waals surface area contributed by atoms with Crippen molar-refractivity contribution in [3.8, 4) is 0 Å². The fourth-order valence-electron chi connectivity index (χ4n) is 4.04. The van der Waals surface area contributed by atoms with Crippen LogP contribution >= 0.6 is 0 Å². The van der Waals surface area contributed by atoms with Gasteiger partial charge in [0.1, 0.15) is 0 Å². The molecule has 0 atom stereocenters. The first-order valence-corrected chi connectivity index (χ1v) is 14.9. The van der Waals surface area contributed by atoms with E-state index in [4.69, 9.17) is 15.0 Å². The molecule has 0 aliphatic carbocycles. The minimum absolute atomic E-state index is 0.338. The summed E-state index contributed by atoms with van der Waals surface area (Å²) < 4.78 is 0. The number of rotatable bonds is 24. The van der Waals surface area contributed by atoms with Crippen molar-refractivity contribution in [2.45, 2.75) is 142 Å². The highest BCUT2D eigenvalue weighted by Gasteiger charge is 2.03. The van der Waals surface area contributed by atoms with E-state index in [0.29, 0.717) is 5.56 Å². The van der Waals surface area contributed by atoms with Crippen LogP contribution in [-0.2, 0) is 14.7 Å². The van der Waals surface area contributed by atoms with Crippen LogP contribution in [0.1, 0.15) is 153 Å². The maximum Gasteiger partial charge on any atom is 0.372 e. The minimum atomic E-state index is -0.736. The normalized spacial score (nSPS) is 10.6. The van der Waals surface area contributed by atoms with Crippen molar-refractivity contribution < 1.29 is 24.7 Å². The van der Waals surface area contributed by atoms with Crippen LogP contribution in [0.3, 0.4) is 0 Å². The zero-order chi connectivity index (χ0) is 26.4. The maximum atomic E-state index is 10.5. The average molecular weight is 509 g/mol. The van der Waals surface area contributed by atoms with Crippen LogP contribution in [0.2, 0.25) is 0 Å². The van der Waals surface area contributed by atoms with Crippen LogP contribution in [0.25, 0.3) is 0 Å². The average Bonchev–Trinajstić information content (AvgIpc) is 2.92. The van der Waals surface area contributed by atoms with E-state index in [9.17, 15) is 4.79 Å². The van der Waals surface area contributed by atoms with E-state index in [-0.39, 0.29) is 0 Å². The lowest BCUT2D eigenvalue weighted by Crippen LogP contribution is -2.00. The standard InChI is InChI=1S/C24H50O2.C7H6O3/c1-3-5-7-9-11-13-15-17-19-21-23-25-26-24-22-20-18-16-14-12-10-8-6-4-2;8-7(10-9)6-4-2-1-3-5-6/h3-24H2,1-2H3;1-5,9H. The largest absolute Gasteiger partial charge is 0.372 e. The fraction of sp³-hybridized carbons (Fsp3) is 0.774. The zero-order valence-electron chi connectivity index (χ0n) is 23.5. The molecule has 0 heterocycles. The van der Waals surface area contributed by atoms with Crippen LogP contribution in [0.4, 0.5) is 0 Å². The van der Waals surface area contributed by atoms with Crippen LogP contribution in [0, 0.1) is 0 Å². The van der Waals surface area contributed by atoms with Gasteiger partial charge < -0.3 is 0 Å². The summed E-state index contributed by atoms with van der Waals surface area (Å²) in [5.74, 6) is -0.736. The second kappa shape index (κ2) is 29.8. The highest BCUT2D eigenvalue weighted by Crippen LogP contribution is 2.12. The summed E-state index contributed by atoms with van der Waals surface area (Å²) in [4.78, 5) is 24.6. The quantitative estimate of drug-likeness (QED) is 0.0854. The Balaban J connectivity index is 0.00000101. The lowest BCUT2D eigenvalue weighted by Gasteiger charge is -2.05. The van der Waals surface area contributed by atoms with Crippen molar-refractivity contribution in [3.63, 3.8) is 0 Å². The van der Waals surface area contributed by atoms with Crippen LogP contribution in [-0.4, -0.2) is 24.4 Å². The Kier molecular flexibility index (Phi) is 28.6. The minimum Gasteiger partial charge on any atom is -0.296 e. The van der Waals surface area contributed by atoms with Gasteiger partial charge in [0.25, 0.3) is 0 Å². The van der Waals surface area contributed by atoms with Gasteiger partial charge in [0.05, 0.1) is 18.8 Å². The van der Waals surface area contributed by atoms with Gasteiger partial charge in [0.15, 0.2) is 0 Å². The molecular weight excluding hydrogens is 452 g/mol. The summed E-state index contributed by atoms with van der Waals surface area (Å²) in [5.41, 5.74) is 0.338. The zero-order valence-corrected chi connectivity index (χ0v) is 23.5. The van der Waals surface area contributed by atoms with E-state index in [0.717, 1.165) is 26.1 Å². The third kappa shape index (κ3) is 25.7. The highest BCUT2D eigenvalue weighted by molar-refractivity contribution is 5.88. The molecule has 0 aliphatic heterocycles. The smallest absolute Gasteiger partial charge is 0.296 e. The Labute approximate surface area is 222 Å². The van der Waals surface area contributed by atoms with Gasteiger partial charge in [-0.3, -0.25) is 4.89 Å². The van der Waals surface area contributed by atoms with Gasteiger partial charge in [0.2, 0.25) is 0 Å². The summed E-state index contributed by atoms with van der Waals surface area (Å²) in [5, 5.41) is 7.94. The fourth-order valence-corrected chi connectivity index (χ4v) is 4.04. The van der Waals surface area contributed by atoms with E-state index < -0.39 is 5.97 Å². The predicted octanol–water partition coefficient (Wildman–Crippen LogP) is 10.1. The van der Waals surface area contributed by atoms with E-state index in [1.807, 2.05) is 0 Å². The molecule has 1 aromatic carbocycles. The molecule has 5 heteroatoms. The maximum absolute atomic E-state index is 10.5. The SMILES string of the molecule is CCCCCCCCCCCCOOCCCCCCCCCCCC.O=C(OO)c1ccccc1. The molecule has 0 spiro atoms. The van der Waals surface area contributed by atoms with Gasteiger partial charge >= 0.3 is 5.97 Å². The monoisotopic (exact) mass is 508 g/mol. The summed E-state index contributed by atoms with van der Waals surface area (Å²) >= 11 is 0. The molecule has 1 rings (SSSR count). The Hall–Kier alpha value is -1.43. The second-order valence-electron chi connectivity index (χ2n) is 9.75. The number of carbonyl (C=O) groups excluding carboxylic acids is 1. The van der Waals surface area contributed by atoms with E-state index in [1.54, 1.807) is 30.3 Å². The first-order valence-electron chi connectivity index (χ1n) is 14.9. The van der Waals surface area contributed by atoms with Crippen molar-refractivity contribution >= 4 is 5.97 Å². The van der Waals surface area contributed by atoms with Gasteiger partial charge in [-0.15, -0.1) is 0 Å². The van der Waals surface area contributed by atoms with Crippen molar-refractivity contribution in [2.75, 3.05) is 13.2 Å². The lowest BCUT2D eigenvalue weighted by atomic mass is 10.1. The molecule has 5 nitrogen and oxygen atoms in total. The molecule has 0 aliphatic rings. The van der Waals surface area contributed by atoms with Crippen LogP contribution in [0.15, 0.2) is 30.3 Å². The third-order valence-corrected chi connectivity index (χ3v) is 6.34. The molecule has 0 bridgehead atoms. The Morgan fingerprint density at radius 2 is 0.889 bits per heavy atom. The molecule has 1 aromatic rings. The van der Waals surface area contributed by atoms with Crippen molar-refractivity contribution in [2.24, 2.45) is 0 Å². The Morgan fingerprint density at radius 1 is 0.556 bits per heavy atom. The van der Waals surface area contributed by atoms with E-state index >= 15 is 0 Å². The predicted molar refractivity (Wildman–Crippen MR) is 150 cm³/mol. The number of benzene rings is 1. The van der Waals surface area contributed by atoms with Gasteiger partial charge in [-0.2, -0.15) is 5.26 Å². The molecular formula is C31H56O5. The molecule has 0 saturated carbocycles. The molecule has 36 heavy (non-hydrogen) atoms. The number of unbranched alkanes of at least 4 members (excludes halogenated alkanes) is 18. The second-order valence-corrected chi connectivity index (χ2v) is 9.75. The van der Waals surface area contributed by atoms with Gasteiger partial charge in [-0.25, -0.2) is 14.6 Å². The van der Waals surface area contributed by atoms with Gasteiger partial charge in [-0.1, -0.05) is 148 Å². The highest BCUT2D eigenvalue weighted by atomic mass is 17.2. The van der Waals surface area contributed by atoms with Crippen molar-refractivity contribution in [1.82, 2.24) is 0 Å². The molecule has 0 amide bonds. The molecule has 0 radical (unpaired) electrons. The molecule has 0 unspecified atom stereocenters. The number of hydrogen-bond acceptors (Lipinski definition) is 5. The van der Waals surface area contributed by atoms with E-state index in [2.05, 4.69) is 18.7 Å². The lowest BCUT2D eigenvalue weighted by molar-refractivity contribution is -0.295. The molecule has 0 fully saturated rings. The molecule has 0 aromatic heterocycles. The Bertz CT molecular complexity index is 525. The van der Waals surface area contributed by atoms with Crippen molar-refractivity contribution in [3.05, 3.63) is 35.9 Å². The molecule has 0 saturated heterocycles. The molecule has 210 valence electrons. The van der Waals surface area contributed by atoms with Crippen LogP contribution in [0.5, 0.6) is 0 Å². The summed E-state index contributed by atoms with van der Waals surface area (Å²) in [6, 6.07) is 8.25. The number of hydrogen-bond donors (Lipinski definition) is 1. The first kappa shape index (κ1) is 34.6. The van der Waals surface area contributed by atoms with E-state index in [1.165, 1.54) is 116 Å².